The summed E-state index contributed by atoms with van der Waals surface area (Å²) in [6.45, 7) is 3.67. The van der Waals surface area contributed by atoms with E-state index in [0.29, 0.717) is 6.42 Å². The van der Waals surface area contributed by atoms with Crippen LogP contribution in [0.1, 0.15) is 20.3 Å². The highest BCUT2D eigenvalue weighted by Gasteiger charge is 2.17. The summed E-state index contributed by atoms with van der Waals surface area (Å²) in [5.41, 5.74) is 5.49. The molecule has 0 aliphatic heterocycles. The molecule has 0 saturated heterocycles. The predicted octanol–water partition coefficient (Wildman–Crippen LogP) is 1.05. The van der Waals surface area contributed by atoms with E-state index in [0.717, 1.165) is 0 Å². The van der Waals surface area contributed by atoms with Crippen LogP contribution in [0.5, 0.6) is 5.75 Å². The molecule has 0 aromatic heterocycles. The number of aromatic hydroxyl groups is 1. The third-order valence-electron chi connectivity index (χ3n) is 2.28. The Morgan fingerprint density at radius 3 is 2.62 bits per heavy atom. The average Bonchev–Trinajstić information content (AvgIpc) is 2.21. The first-order valence-corrected chi connectivity index (χ1v) is 6.46. The quantitative estimate of drug-likeness (QED) is 0.545. The minimum Gasteiger partial charge on any atom is -0.506 e. The van der Waals surface area contributed by atoms with Crippen molar-refractivity contribution in [3.63, 3.8) is 0 Å². The Morgan fingerprint density at radius 2 is 2.12 bits per heavy atom. The monoisotopic (exact) mass is 244 g/mol. The van der Waals surface area contributed by atoms with Crippen LogP contribution in [0.25, 0.3) is 0 Å². The molecule has 0 fully saturated rings. The van der Waals surface area contributed by atoms with Gasteiger partial charge < -0.3 is 10.8 Å². The molecule has 4 N–H and O–H groups in total. The lowest BCUT2D eigenvalue weighted by atomic mass is 10.3. The normalized spacial score (nSPS) is 13.6. The summed E-state index contributed by atoms with van der Waals surface area (Å²) in [4.78, 5) is 0.0584. The van der Waals surface area contributed by atoms with Crippen LogP contribution >= 0.6 is 0 Å². The number of nitrogens with one attached hydrogen (secondary N) is 1. The summed E-state index contributed by atoms with van der Waals surface area (Å²) in [5, 5.41) is 9.20. The maximum absolute atomic E-state index is 11.8. The third-order valence-corrected chi connectivity index (χ3v) is 3.87. The van der Waals surface area contributed by atoms with Gasteiger partial charge in [-0.3, -0.25) is 0 Å². The molecule has 0 radical (unpaired) electrons. The Bertz CT molecular complexity index is 471. The molecular weight excluding hydrogens is 228 g/mol. The standard InChI is InChI=1S/C10H16N2O3S/c1-3-7(2)12-16(14,15)8-4-5-10(13)9(11)6-8/h4-7,12-13H,3,11H2,1-2H3. The molecule has 0 spiro atoms. The molecule has 1 rings (SSSR count). The van der Waals surface area contributed by atoms with Gasteiger partial charge in [-0.05, 0) is 31.5 Å². The van der Waals surface area contributed by atoms with Crippen LogP contribution in [-0.2, 0) is 10.0 Å². The van der Waals surface area contributed by atoms with Gasteiger partial charge in [0.1, 0.15) is 5.75 Å². The molecule has 1 aromatic carbocycles. The molecule has 5 nitrogen and oxygen atoms in total. The maximum atomic E-state index is 11.8. The van der Waals surface area contributed by atoms with Crippen LogP contribution in [0.2, 0.25) is 0 Å². The van der Waals surface area contributed by atoms with Crippen molar-refractivity contribution >= 4 is 15.7 Å². The second-order valence-corrected chi connectivity index (χ2v) is 5.37. The van der Waals surface area contributed by atoms with E-state index in [1.165, 1.54) is 18.2 Å². The van der Waals surface area contributed by atoms with E-state index < -0.39 is 10.0 Å². The number of phenolic OH excluding ortho intramolecular Hbond substituents is 1. The van der Waals surface area contributed by atoms with Crippen LogP contribution in [-0.4, -0.2) is 19.6 Å². The Balaban J connectivity index is 3.03. The molecule has 1 unspecified atom stereocenters. The van der Waals surface area contributed by atoms with Crippen LogP contribution in [0.15, 0.2) is 23.1 Å². The highest BCUT2D eigenvalue weighted by atomic mass is 32.2. The number of rotatable bonds is 4. The Kier molecular flexibility index (Phi) is 3.77. The van der Waals surface area contributed by atoms with Crippen molar-refractivity contribution in [3.05, 3.63) is 18.2 Å². The van der Waals surface area contributed by atoms with Gasteiger partial charge in [0.05, 0.1) is 10.6 Å². The number of nitrogens with two attached hydrogens (primary N) is 1. The number of sulfonamides is 1. The molecular formula is C10H16N2O3S. The van der Waals surface area contributed by atoms with Gasteiger partial charge in [0.25, 0.3) is 0 Å². The molecule has 1 aromatic rings. The van der Waals surface area contributed by atoms with Crippen molar-refractivity contribution in [2.75, 3.05) is 5.73 Å². The van der Waals surface area contributed by atoms with E-state index in [1.54, 1.807) is 6.92 Å². The zero-order chi connectivity index (χ0) is 12.3. The second-order valence-electron chi connectivity index (χ2n) is 3.65. The Labute approximate surface area is 95.3 Å². The van der Waals surface area contributed by atoms with E-state index in [9.17, 15) is 13.5 Å². The van der Waals surface area contributed by atoms with Gasteiger partial charge in [-0.2, -0.15) is 0 Å². The molecule has 0 bridgehead atoms. The van der Waals surface area contributed by atoms with Crippen LogP contribution < -0.4 is 10.5 Å². The van der Waals surface area contributed by atoms with Crippen molar-refractivity contribution in [1.82, 2.24) is 4.72 Å². The molecule has 1 atom stereocenters. The third kappa shape index (κ3) is 2.86. The van der Waals surface area contributed by atoms with E-state index >= 15 is 0 Å². The van der Waals surface area contributed by atoms with E-state index in [2.05, 4.69) is 4.72 Å². The van der Waals surface area contributed by atoms with Crippen molar-refractivity contribution in [2.24, 2.45) is 0 Å². The number of nitrogen functional groups attached to an aromatic ring is 1. The predicted molar refractivity (Wildman–Crippen MR) is 62.6 cm³/mol. The summed E-state index contributed by atoms with van der Waals surface area (Å²) in [7, 11) is -3.55. The zero-order valence-corrected chi connectivity index (χ0v) is 10.1. The smallest absolute Gasteiger partial charge is 0.240 e. The largest absolute Gasteiger partial charge is 0.506 e. The molecule has 0 amide bonds. The SMILES string of the molecule is CCC(C)NS(=O)(=O)c1ccc(O)c(N)c1. The summed E-state index contributed by atoms with van der Waals surface area (Å²) in [6.07, 6.45) is 0.701. The van der Waals surface area contributed by atoms with Crippen molar-refractivity contribution in [2.45, 2.75) is 31.2 Å². The molecule has 0 aliphatic rings. The Hall–Kier alpha value is -1.27. The lowest BCUT2D eigenvalue weighted by Gasteiger charge is -2.12. The number of hydrogen-bond donors (Lipinski definition) is 3. The van der Waals surface area contributed by atoms with Crippen molar-refractivity contribution in [3.8, 4) is 5.75 Å². The molecule has 0 aliphatic carbocycles. The van der Waals surface area contributed by atoms with E-state index in [4.69, 9.17) is 5.73 Å². The molecule has 6 heteroatoms. The first-order chi connectivity index (χ1) is 7.36. The maximum Gasteiger partial charge on any atom is 0.240 e. The number of benzene rings is 1. The minimum atomic E-state index is -3.55. The van der Waals surface area contributed by atoms with E-state index in [-0.39, 0.29) is 22.4 Å². The first kappa shape index (κ1) is 12.8. The number of phenols is 1. The number of hydrogen-bond acceptors (Lipinski definition) is 4. The highest BCUT2D eigenvalue weighted by molar-refractivity contribution is 7.89. The summed E-state index contributed by atoms with van der Waals surface area (Å²) in [5.74, 6) is -0.123. The van der Waals surface area contributed by atoms with Gasteiger partial charge in [-0.1, -0.05) is 6.92 Å². The van der Waals surface area contributed by atoms with E-state index in [1.807, 2.05) is 6.92 Å². The Morgan fingerprint density at radius 1 is 1.50 bits per heavy atom. The molecule has 16 heavy (non-hydrogen) atoms. The fraction of sp³-hybridized carbons (Fsp3) is 0.400. The summed E-state index contributed by atoms with van der Waals surface area (Å²) >= 11 is 0. The topological polar surface area (TPSA) is 92.4 Å². The molecule has 90 valence electrons. The minimum absolute atomic E-state index is 0.0482. The fourth-order valence-corrected chi connectivity index (χ4v) is 2.48. The van der Waals surface area contributed by atoms with Gasteiger partial charge in [-0.25, -0.2) is 13.1 Å². The zero-order valence-electron chi connectivity index (χ0n) is 9.27. The second kappa shape index (κ2) is 4.71. The number of anilines is 1. The van der Waals surface area contributed by atoms with Crippen LogP contribution in [0.3, 0.4) is 0 Å². The van der Waals surface area contributed by atoms with Gasteiger partial charge in [0, 0.05) is 6.04 Å². The van der Waals surface area contributed by atoms with Gasteiger partial charge in [-0.15, -0.1) is 0 Å². The van der Waals surface area contributed by atoms with Gasteiger partial charge in [0.15, 0.2) is 0 Å². The van der Waals surface area contributed by atoms with Gasteiger partial charge >= 0.3 is 0 Å². The summed E-state index contributed by atoms with van der Waals surface area (Å²) < 4.78 is 26.1. The fourth-order valence-electron chi connectivity index (χ4n) is 1.12. The van der Waals surface area contributed by atoms with Crippen LogP contribution in [0, 0.1) is 0 Å². The van der Waals surface area contributed by atoms with Gasteiger partial charge in [0.2, 0.25) is 10.0 Å². The summed E-state index contributed by atoms with van der Waals surface area (Å²) in [6, 6.07) is 3.68. The lowest BCUT2D eigenvalue weighted by Crippen LogP contribution is -2.32. The van der Waals surface area contributed by atoms with Crippen molar-refractivity contribution < 1.29 is 13.5 Å². The molecule has 0 saturated carbocycles. The van der Waals surface area contributed by atoms with Crippen LogP contribution in [0.4, 0.5) is 5.69 Å². The first-order valence-electron chi connectivity index (χ1n) is 4.97. The lowest BCUT2D eigenvalue weighted by molar-refractivity contribution is 0.477. The molecule has 0 heterocycles. The highest BCUT2D eigenvalue weighted by Crippen LogP contribution is 2.23. The average molecular weight is 244 g/mol. The van der Waals surface area contributed by atoms with Crippen molar-refractivity contribution in [1.29, 1.82) is 0 Å².